The molecule has 1 radical (unpaired) electrons. The van der Waals surface area contributed by atoms with Crippen molar-refractivity contribution in [2.24, 2.45) is 5.73 Å². The molecule has 0 atom stereocenters. The summed E-state index contributed by atoms with van der Waals surface area (Å²) in [6.45, 7) is 0.561. The Kier molecular flexibility index (Phi) is 2.10. The van der Waals surface area contributed by atoms with Crippen LogP contribution in [-0.2, 0) is 6.54 Å². The van der Waals surface area contributed by atoms with E-state index in [0.717, 1.165) is 16.8 Å². The number of hydrogen-bond donors (Lipinski definition) is 1. The first-order valence-electron chi connectivity index (χ1n) is 4.01. The Morgan fingerprint density at radius 2 is 2.08 bits per heavy atom. The molecule has 3 nitrogen and oxygen atoms in total. The Morgan fingerprint density at radius 3 is 2.62 bits per heavy atom. The van der Waals surface area contributed by atoms with Gasteiger partial charge in [0, 0.05) is 12.1 Å². The lowest BCUT2D eigenvalue weighted by molar-refractivity contribution is 0.548. The molecular formula is C10H9N2O. The van der Waals surface area contributed by atoms with Crippen molar-refractivity contribution in [3.63, 3.8) is 0 Å². The van der Waals surface area contributed by atoms with E-state index in [0.29, 0.717) is 6.54 Å². The van der Waals surface area contributed by atoms with E-state index in [9.17, 15) is 0 Å². The van der Waals surface area contributed by atoms with Crippen LogP contribution in [0.4, 0.5) is 0 Å². The molecule has 0 amide bonds. The molecule has 0 bridgehead atoms. The SMILES string of the molecule is NCc1ccc(-c2co[c]n2)cc1. The zero-order valence-electron chi connectivity index (χ0n) is 7.03. The first kappa shape index (κ1) is 8.01. The summed E-state index contributed by atoms with van der Waals surface area (Å²) in [5.41, 5.74) is 8.40. The van der Waals surface area contributed by atoms with E-state index in [2.05, 4.69) is 11.4 Å². The summed E-state index contributed by atoms with van der Waals surface area (Å²) >= 11 is 0. The van der Waals surface area contributed by atoms with Crippen LogP contribution in [0.3, 0.4) is 0 Å². The van der Waals surface area contributed by atoms with Crippen molar-refractivity contribution in [3.8, 4) is 11.3 Å². The van der Waals surface area contributed by atoms with Gasteiger partial charge in [-0.15, -0.1) is 0 Å². The van der Waals surface area contributed by atoms with Crippen LogP contribution >= 0.6 is 0 Å². The number of benzene rings is 1. The minimum absolute atomic E-state index is 0.561. The van der Waals surface area contributed by atoms with Crippen molar-refractivity contribution in [1.82, 2.24) is 4.98 Å². The highest BCUT2D eigenvalue weighted by molar-refractivity contribution is 5.57. The Labute approximate surface area is 76.2 Å². The van der Waals surface area contributed by atoms with E-state index in [4.69, 9.17) is 10.2 Å². The fourth-order valence-corrected chi connectivity index (χ4v) is 1.13. The third-order valence-corrected chi connectivity index (χ3v) is 1.87. The molecule has 0 fully saturated rings. The van der Waals surface area contributed by atoms with Gasteiger partial charge in [0.1, 0.15) is 12.0 Å². The van der Waals surface area contributed by atoms with Gasteiger partial charge in [0.05, 0.1) is 0 Å². The second-order valence-corrected chi connectivity index (χ2v) is 2.73. The van der Waals surface area contributed by atoms with Gasteiger partial charge in [-0.2, -0.15) is 0 Å². The molecule has 3 heteroatoms. The maximum atomic E-state index is 5.48. The normalized spacial score (nSPS) is 10.2. The molecule has 0 unspecified atom stereocenters. The van der Waals surface area contributed by atoms with Crippen molar-refractivity contribution in [2.45, 2.75) is 6.54 Å². The minimum Gasteiger partial charge on any atom is -0.440 e. The lowest BCUT2D eigenvalue weighted by Crippen LogP contribution is -1.95. The van der Waals surface area contributed by atoms with E-state index < -0.39 is 0 Å². The Balaban J connectivity index is 2.33. The van der Waals surface area contributed by atoms with Gasteiger partial charge in [0.2, 0.25) is 0 Å². The van der Waals surface area contributed by atoms with Crippen LogP contribution in [0.2, 0.25) is 0 Å². The van der Waals surface area contributed by atoms with Crippen LogP contribution in [0.15, 0.2) is 34.9 Å². The monoisotopic (exact) mass is 173 g/mol. The molecule has 0 aliphatic rings. The average molecular weight is 173 g/mol. The van der Waals surface area contributed by atoms with Gasteiger partial charge in [-0.05, 0) is 5.56 Å². The van der Waals surface area contributed by atoms with Crippen molar-refractivity contribution in [1.29, 1.82) is 0 Å². The van der Waals surface area contributed by atoms with Crippen LogP contribution in [-0.4, -0.2) is 4.98 Å². The second-order valence-electron chi connectivity index (χ2n) is 2.73. The van der Waals surface area contributed by atoms with Crippen LogP contribution in [0.1, 0.15) is 5.56 Å². The van der Waals surface area contributed by atoms with Gasteiger partial charge >= 0.3 is 0 Å². The molecule has 1 heterocycles. The van der Waals surface area contributed by atoms with E-state index >= 15 is 0 Å². The topological polar surface area (TPSA) is 52.0 Å². The number of nitrogens with two attached hydrogens (primary N) is 1. The van der Waals surface area contributed by atoms with Gasteiger partial charge < -0.3 is 10.2 Å². The first-order valence-corrected chi connectivity index (χ1v) is 4.01. The van der Waals surface area contributed by atoms with Crippen LogP contribution in [0, 0.1) is 6.39 Å². The molecule has 2 N–H and O–H groups in total. The molecule has 2 aromatic rings. The largest absolute Gasteiger partial charge is 0.440 e. The van der Waals surface area contributed by atoms with Crippen molar-refractivity contribution in [2.75, 3.05) is 0 Å². The average Bonchev–Trinajstić information content (AvgIpc) is 2.71. The minimum atomic E-state index is 0.561. The van der Waals surface area contributed by atoms with Gasteiger partial charge in [-0.1, -0.05) is 24.3 Å². The summed E-state index contributed by atoms with van der Waals surface area (Å²) in [6, 6.07) is 7.88. The molecule has 1 aromatic heterocycles. The van der Waals surface area contributed by atoms with Crippen LogP contribution in [0.25, 0.3) is 11.3 Å². The number of nitrogens with zero attached hydrogens (tertiary/aromatic N) is 1. The van der Waals surface area contributed by atoms with Crippen molar-refractivity contribution < 1.29 is 4.42 Å². The zero-order valence-corrected chi connectivity index (χ0v) is 7.03. The molecule has 0 saturated heterocycles. The maximum absolute atomic E-state index is 5.48. The highest BCUT2D eigenvalue weighted by Crippen LogP contribution is 2.16. The molecule has 65 valence electrons. The quantitative estimate of drug-likeness (QED) is 0.750. The molecule has 13 heavy (non-hydrogen) atoms. The predicted octanol–water partition coefficient (Wildman–Crippen LogP) is 1.60. The number of oxazole rings is 1. The summed E-state index contributed by atoms with van der Waals surface area (Å²) in [6.07, 6.45) is 3.97. The molecule has 1 aromatic carbocycles. The standard InChI is InChI=1S/C10H9N2O/c11-5-8-1-3-9(4-2-8)10-6-13-7-12-10/h1-4,6H,5,11H2. The molecular weight excluding hydrogens is 164 g/mol. The molecule has 0 saturated carbocycles. The lowest BCUT2D eigenvalue weighted by Gasteiger charge is -1.97. The Bertz CT molecular complexity index is 364. The Morgan fingerprint density at radius 1 is 1.31 bits per heavy atom. The highest BCUT2D eigenvalue weighted by atomic mass is 16.3. The van der Waals surface area contributed by atoms with Gasteiger partial charge in [-0.25, -0.2) is 4.98 Å². The zero-order chi connectivity index (χ0) is 9.10. The third kappa shape index (κ3) is 1.60. The fourth-order valence-electron chi connectivity index (χ4n) is 1.13. The van der Waals surface area contributed by atoms with Crippen molar-refractivity contribution >= 4 is 0 Å². The Hall–Kier alpha value is -1.61. The van der Waals surface area contributed by atoms with Crippen LogP contribution in [0.5, 0.6) is 0 Å². The summed E-state index contributed by atoms with van der Waals surface area (Å²) in [5.74, 6) is 0. The summed E-state index contributed by atoms with van der Waals surface area (Å²) in [7, 11) is 0. The molecule has 0 aliphatic carbocycles. The lowest BCUT2D eigenvalue weighted by atomic mass is 10.1. The van der Waals surface area contributed by atoms with E-state index in [-0.39, 0.29) is 0 Å². The molecule has 0 spiro atoms. The summed E-state index contributed by atoms with van der Waals surface area (Å²) in [4.78, 5) is 3.92. The smallest absolute Gasteiger partial charge is 0.284 e. The van der Waals surface area contributed by atoms with Gasteiger partial charge in [0.25, 0.3) is 6.39 Å². The number of aromatic nitrogens is 1. The molecule has 2 rings (SSSR count). The molecule has 0 aliphatic heterocycles. The van der Waals surface area contributed by atoms with Crippen molar-refractivity contribution in [3.05, 3.63) is 42.5 Å². The second kappa shape index (κ2) is 3.41. The number of rotatable bonds is 2. The van der Waals surface area contributed by atoms with Gasteiger partial charge in [-0.3, -0.25) is 0 Å². The van der Waals surface area contributed by atoms with E-state index in [1.807, 2.05) is 24.3 Å². The number of hydrogen-bond acceptors (Lipinski definition) is 3. The van der Waals surface area contributed by atoms with E-state index in [1.165, 1.54) is 0 Å². The summed E-state index contributed by atoms with van der Waals surface area (Å²) in [5, 5.41) is 0. The van der Waals surface area contributed by atoms with Gasteiger partial charge in [0.15, 0.2) is 0 Å². The summed E-state index contributed by atoms with van der Waals surface area (Å²) < 4.78 is 4.76. The predicted molar refractivity (Wildman–Crippen MR) is 48.7 cm³/mol. The third-order valence-electron chi connectivity index (χ3n) is 1.87. The van der Waals surface area contributed by atoms with Crippen LogP contribution < -0.4 is 5.73 Å². The van der Waals surface area contributed by atoms with E-state index in [1.54, 1.807) is 6.26 Å². The first-order chi connectivity index (χ1) is 6.40. The fraction of sp³-hybridized carbons (Fsp3) is 0.100. The highest BCUT2D eigenvalue weighted by Gasteiger charge is 1.99. The maximum Gasteiger partial charge on any atom is 0.284 e.